The van der Waals surface area contributed by atoms with E-state index in [1.807, 2.05) is 41.0 Å². The number of alkyl halides is 1. The second kappa shape index (κ2) is 8.86. The molecule has 0 aliphatic heterocycles. The van der Waals surface area contributed by atoms with Gasteiger partial charge in [-0.15, -0.1) is 0 Å². The van der Waals surface area contributed by atoms with E-state index in [0.717, 1.165) is 23.5 Å². The lowest BCUT2D eigenvalue weighted by molar-refractivity contribution is 0.0947. The number of hydrogen-bond donors (Lipinski definition) is 3. The van der Waals surface area contributed by atoms with Crippen molar-refractivity contribution in [3.8, 4) is 16.9 Å². The number of nitrogens with zero attached hydrogens (tertiary/aromatic N) is 2. The van der Waals surface area contributed by atoms with E-state index < -0.39 is 6.17 Å². The van der Waals surface area contributed by atoms with Gasteiger partial charge in [0, 0.05) is 24.1 Å². The lowest BCUT2D eigenvalue weighted by atomic mass is 10.1. The minimum absolute atomic E-state index is 0.269. The third-order valence-electron chi connectivity index (χ3n) is 5.41. The van der Waals surface area contributed by atoms with Crippen molar-refractivity contribution in [3.63, 3.8) is 0 Å². The van der Waals surface area contributed by atoms with E-state index in [-0.39, 0.29) is 11.9 Å². The number of amides is 1. The molecule has 0 spiro atoms. The first-order chi connectivity index (χ1) is 15.3. The van der Waals surface area contributed by atoms with Crippen LogP contribution in [0.3, 0.4) is 0 Å². The topological polar surface area (TPSA) is 85.0 Å². The van der Waals surface area contributed by atoms with Crippen LogP contribution in [0, 0.1) is 5.92 Å². The van der Waals surface area contributed by atoms with Crippen LogP contribution >= 0.6 is 0 Å². The number of nitrogen functional groups attached to an aromatic ring is 1. The highest BCUT2D eigenvalue weighted by molar-refractivity contribution is 5.95. The fourth-order valence-corrected chi connectivity index (χ4v) is 3.47. The van der Waals surface area contributed by atoms with E-state index in [1.165, 1.54) is 0 Å². The molecule has 6 nitrogen and oxygen atoms in total. The summed E-state index contributed by atoms with van der Waals surface area (Å²) >= 11 is 0. The Labute approximate surface area is 187 Å². The molecular weight excluding hydrogens is 405 g/mol. The molecule has 2 atom stereocenters. The Balaban J connectivity index is 1.68. The highest BCUT2D eigenvalue weighted by atomic mass is 19.1. The SMILES string of the molecule is C=C(NCC(C)C)c1ncc(-c2ccc(C(=O)NC3CC3F)cc2)n1-c1ccccc1N. The number of carbonyl (C=O) groups is 1. The van der Waals surface area contributed by atoms with E-state index in [4.69, 9.17) is 5.73 Å². The van der Waals surface area contributed by atoms with Crippen LogP contribution < -0.4 is 16.4 Å². The highest BCUT2D eigenvalue weighted by Crippen LogP contribution is 2.30. The van der Waals surface area contributed by atoms with E-state index >= 15 is 0 Å². The fraction of sp³-hybridized carbons (Fsp3) is 0.280. The molecule has 4 N–H and O–H groups in total. The van der Waals surface area contributed by atoms with Gasteiger partial charge in [-0.3, -0.25) is 9.36 Å². The minimum Gasteiger partial charge on any atom is -0.397 e. The summed E-state index contributed by atoms with van der Waals surface area (Å²) in [5, 5.41) is 6.04. The zero-order valence-electron chi connectivity index (χ0n) is 18.3. The summed E-state index contributed by atoms with van der Waals surface area (Å²) in [6, 6.07) is 14.4. The molecule has 0 saturated heterocycles. The van der Waals surface area contributed by atoms with E-state index in [2.05, 4.69) is 36.0 Å². The summed E-state index contributed by atoms with van der Waals surface area (Å²) in [5.74, 6) is 0.857. The molecule has 1 saturated carbocycles. The van der Waals surface area contributed by atoms with Crippen molar-refractivity contribution in [2.24, 2.45) is 5.92 Å². The van der Waals surface area contributed by atoms with Crippen LogP contribution in [0.2, 0.25) is 0 Å². The molecule has 1 aliphatic carbocycles. The molecule has 0 bridgehead atoms. The van der Waals surface area contributed by atoms with Crippen LogP contribution in [0.4, 0.5) is 10.1 Å². The van der Waals surface area contributed by atoms with Gasteiger partial charge in [-0.1, -0.05) is 44.7 Å². The van der Waals surface area contributed by atoms with Gasteiger partial charge in [0.25, 0.3) is 5.91 Å². The molecule has 1 amide bonds. The first-order valence-electron chi connectivity index (χ1n) is 10.8. The summed E-state index contributed by atoms with van der Waals surface area (Å²) in [7, 11) is 0. The number of nitrogens with one attached hydrogen (secondary N) is 2. The third-order valence-corrected chi connectivity index (χ3v) is 5.41. The quantitative estimate of drug-likeness (QED) is 0.465. The summed E-state index contributed by atoms with van der Waals surface area (Å²) in [6.45, 7) is 9.21. The van der Waals surface area contributed by atoms with Crippen molar-refractivity contribution in [2.45, 2.75) is 32.5 Å². The monoisotopic (exact) mass is 433 g/mol. The lowest BCUT2D eigenvalue weighted by Crippen LogP contribution is -2.26. The van der Waals surface area contributed by atoms with E-state index in [9.17, 15) is 9.18 Å². The number of benzene rings is 2. The molecule has 1 heterocycles. The number of rotatable bonds is 8. The van der Waals surface area contributed by atoms with Gasteiger partial charge in [-0.05, 0) is 30.2 Å². The average Bonchev–Trinajstić information content (AvgIpc) is 3.29. The Bertz CT molecular complexity index is 1140. The Kier molecular flexibility index (Phi) is 5.99. The minimum atomic E-state index is -0.931. The lowest BCUT2D eigenvalue weighted by Gasteiger charge is -2.17. The summed E-state index contributed by atoms with van der Waals surface area (Å²) in [6.07, 6.45) is 1.23. The first kappa shape index (κ1) is 21.6. The molecule has 32 heavy (non-hydrogen) atoms. The largest absolute Gasteiger partial charge is 0.397 e. The predicted molar refractivity (Wildman–Crippen MR) is 126 cm³/mol. The zero-order valence-corrected chi connectivity index (χ0v) is 18.3. The predicted octanol–water partition coefficient (Wildman–Crippen LogP) is 4.18. The Morgan fingerprint density at radius 2 is 1.94 bits per heavy atom. The number of aromatic nitrogens is 2. The van der Waals surface area contributed by atoms with Crippen LogP contribution in [0.5, 0.6) is 0 Å². The van der Waals surface area contributed by atoms with E-state index in [0.29, 0.717) is 35.1 Å². The molecular formula is C25H28FN5O. The standard InChI is InChI=1S/C25H28FN5O/c1-15(2)13-28-16(3)24-29-14-23(31(24)22-7-5-4-6-20(22)27)17-8-10-18(11-9-17)25(32)30-21-12-19(21)26/h4-11,14-15,19,21,28H,3,12-13,27H2,1-2H3,(H,30,32). The van der Waals surface area contributed by atoms with Crippen LogP contribution in [-0.2, 0) is 0 Å². The molecule has 7 heteroatoms. The molecule has 166 valence electrons. The van der Waals surface area contributed by atoms with Gasteiger partial charge in [-0.2, -0.15) is 0 Å². The number of halogens is 1. The maximum absolute atomic E-state index is 13.1. The van der Waals surface area contributed by atoms with Gasteiger partial charge < -0.3 is 16.4 Å². The van der Waals surface area contributed by atoms with Gasteiger partial charge in [0.1, 0.15) is 6.17 Å². The molecule has 4 rings (SSSR count). The van der Waals surface area contributed by atoms with Gasteiger partial charge in [0.2, 0.25) is 0 Å². The first-order valence-corrected chi connectivity index (χ1v) is 10.8. The molecule has 2 unspecified atom stereocenters. The Morgan fingerprint density at radius 3 is 2.56 bits per heavy atom. The summed E-state index contributed by atoms with van der Waals surface area (Å²) in [4.78, 5) is 16.9. The highest BCUT2D eigenvalue weighted by Gasteiger charge is 2.38. The van der Waals surface area contributed by atoms with Crippen molar-refractivity contribution in [1.82, 2.24) is 20.2 Å². The Morgan fingerprint density at radius 1 is 1.25 bits per heavy atom. The second-order valence-electron chi connectivity index (χ2n) is 8.52. The van der Waals surface area contributed by atoms with Gasteiger partial charge in [0.05, 0.1) is 35.0 Å². The maximum Gasteiger partial charge on any atom is 0.251 e. The zero-order chi connectivity index (χ0) is 22.8. The molecule has 1 fully saturated rings. The normalized spacial score (nSPS) is 17.2. The number of imidazole rings is 1. The van der Waals surface area contributed by atoms with Crippen molar-refractivity contribution in [1.29, 1.82) is 0 Å². The second-order valence-corrected chi connectivity index (χ2v) is 8.52. The Hall–Kier alpha value is -3.61. The van der Waals surface area contributed by atoms with Gasteiger partial charge in [-0.25, -0.2) is 9.37 Å². The number of anilines is 1. The third kappa shape index (κ3) is 4.51. The summed E-state index contributed by atoms with van der Waals surface area (Å²) in [5.41, 5.74) is 10.6. The molecule has 0 radical (unpaired) electrons. The van der Waals surface area contributed by atoms with Crippen molar-refractivity contribution >= 4 is 17.3 Å². The molecule has 2 aromatic carbocycles. The maximum atomic E-state index is 13.1. The molecule has 3 aromatic rings. The van der Waals surface area contributed by atoms with Gasteiger partial charge >= 0.3 is 0 Å². The average molecular weight is 434 g/mol. The molecule has 1 aliphatic rings. The molecule has 1 aromatic heterocycles. The smallest absolute Gasteiger partial charge is 0.251 e. The van der Waals surface area contributed by atoms with Crippen LogP contribution in [0.25, 0.3) is 22.6 Å². The number of carbonyl (C=O) groups excluding carboxylic acids is 1. The van der Waals surface area contributed by atoms with Crippen molar-refractivity contribution in [2.75, 3.05) is 12.3 Å². The summed E-state index contributed by atoms with van der Waals surface area (Å²) < 4.78 is 15.1. The van der Waals surface area contributed by atoms with Gasteiger partial charge in [0.15, 0.2) is 5.82 Å². The van der Waals surface area contributed by atoms with Crippen LogP contribution in [0.15, 0.2) is 61.3 Å². The number of para-hydroxylation sites is 2. The van der Waals surface area contributed by atoms with Crippen molar-refractivity contribution in [3.05, 3.63) is 72.7 Å². The number of hydrogen-bond acceptors (Lipinski definition) is 4. The van der Waals surface area contributed by atoms with Crippen LogP contribution in [0.1, 0.15) is 36.5 Å². The fourth-order valence-electron chi connectivity index (χ4n) is 3.47. The van der Waals surface area contributed by atoms with E-state index in [1.54, 1.807) is 18.3 Å². The number of nitrogens with two attached hydrogens (primary N) is 1. The van der Waals surface area contributed by atoms with Crippen LogP contribution in [-0.4, -0.2) is 34.2 Å². The van der Waals surface area contributed by atoms with Crippen molar-refractivity contribution < 1.29 is 9.18 Å².